The fraction of sp³-hybridized carbons (Fsp3) is 0.167. The third-order valence-corrected chi connectivity index (χ3v) is 3.49. The zero-order valence-corrected chi connectivity index (χ0v) is 11.4. The van der Waals surface area contributed by atoms with Crippen LogP contribution < -0.4 is 4.74 Å². The largest absolute Gasteiger partial charge is 0.492 e. The molecular formula is C12H9IN2O3. The average Bonchev–Trinajstić information content (AvgIpc) is 2.67. The minimum absolute atomic E-state index is 0.511. The first-order valence-electron chi connectivity index (χ1n) is 5.40. The van der Waals surface area contributed by atoms with Crippen molar-refractivity contribution in [1.82, 2.24) is 9.78 Å². The number of hydrogen-bond acceptors (Lipinski definition) is 3. The summed E-state index contributed by atoms with van der Waals surface area (Å²) in [6.07, 6.45) is 1.08. The Bertz CT molecular complexity index is 636. The molecule has 2 heterocycles. The number of halogens is 1. The Hall–Kier alpha value is -1.57. The van der Waals surface area contributed by atoms with Crippen LogP contribution in [-0.2, 0) is 6.42 Å². The van der Waals surface area contributed by atoms with Crippen molar-refractivity contribution in [2.45, 2.75) is 6.42 Å². The van der Waals surface area contributed by atoms with Gasteiger partial charge in [-0.1, -0.05) is 0 Å². The van der Waals surface area contributed by atoms with Crippen LogP contribution in [-0.4, -0.2) is 27.6 Å². The molecule has 1 aromatic heterocycles. The van der Waals surface area contributed by atoms with E-state index in [4.69, 9.17) is 9.84 Å². The number of benzene rings is 1. The molecule has 1 aliphatic heterocycles. The van der Waals surface area contributed by atoms with Crippen molar-refractivity contribution in [2.75, 3.05) is 6.61 Å². The van der Waals surface area contributed by atoms with Crippen LogP contribution in [0.4, 0.5) is 4.79 Å². The van der Waals surface area contributed by atoms with Gasteiger partial charge in [0.1, 0.15) is 5.75 Å². The lowest BCUT2D eigenvalue weighted by atomic mass is 10.1. The molecule has 0 unspecified atom stereocenters. The molecule has 0 saturated carbocycles. The van der Waals surface area contributed by atoms with Crippen LogP contribution in [0.3, 0.4) is 0 Å². The second-order valence-electron chi connectivity index (χ2n) is 3.96. The van der Waals surface area contributed by atoms with Crippen molar-refractivity contribution in [1.29, 1.82) is 0 Å². The minimum atomic E-state index is -1.07. The molecule has 0 aliphatic carbocycles. The fourth-order valence-corrected chi connectivity index (χ4v) is 2.48. The van der Waals surface area contributed by atoms with E-state index in [1.807, 2.05) is 18.2 Å². The second kappa shape index (κ2) is 4.27. The minimum Gasteiger partial charge on any atom is -0.492 e. The van der Waals surface area contributed by atoms with Gasteiger partial charge in [0.2, 0.25) is 0 Å². The highest BCUT2D eigenvalue weighted by Gasteiger charge is 2.20. The van der Waals surface area contributed by atoms with Crippen molar-refractivity contribution in [2.24, 2.45) is 0 Å². The summed E-state index contributed by atoms with van der Waals surface area (Å²) in [6.45, 7) is 0.511. The fourth-order valence-electron chi connectivity index (χ4n) is 2.01. The van der Waals surface area contributed by atoms with Crippen LogP contribution in [0.25, 0.3) is 11.1 Å². The van der Waals surface area contributed by atoms with Gasteiger partial charge in [-0.2, -0.15) is 9.78 Å². The molecule has 0 amide bonds. The number of rotatable bonds is 0. The van der Waals surface area contributed by atoms with E-state index in [-0.39, 0.29) is 0 Å². The molecule has 0 bridgehead atoms. The van der Waals surface area contributed by atoms with Gasteiger partial charge in [0.05, 0.1) is 12.3 Å². The van der Waals surface area contributed by atoms with Crippen LogP contribution in [0, 0.1) is 3.57 Å². The lowest BCUT2D eigenvalue weighted by molar-refractivity contribution is 0.192. The van der Waals surface area contributed by atoms with Gasteiger partial charge in [-0.3, -0.25) is 0 Å². The van der Waals surface area contributed by atoms with Crippen molar-refractivity contribution in [3.8, 4) is 16.9 Å². The lowest BCUT2D eigenvalue weighted by Gasteiger charge is -2.07. The molecule has 1 N–H and O–H groups in total. The summed E-state index contributed by atoms with van der Waals surface area (Å²) in [6, 6.07) is 5.86. The van der Waals surface area contributed by atoms with E-state index in [1.54, 1.807) is 0 Å². The van der Waals surface area contributed by atoms with E-state index in [1.165, 1.54) is 6.20 Å². The van der Waals surface area contributed by atoms with Crippen molar-refractivity contribution >= 4 is 28.7 Å². The first-order valence-corrected chi connectivity index (χ1v) is 6.47. The van der Waals surface area contributed by atoms with Gasteiger partial charge in [0.15, 0.2) is 0 Å². The van der Waals surface area contributed by atoms with Crippen LogP contribution in [0.15, 0.2) is 24.4 Å². The van der Waals surface area contributed by atoms with E-state index in [0.29, 0.717) is 13.0 Å². The van der Waals surface area contributed by atoms with E-state index >= 15 is 0 Å². The highest BCUT2D eigenvalue weighted by Crippen LogP contribution is 2.35. The molecule has 0 saturated heterocycles. The summed E-state index contributed by atoms with van der Waals surface area (Å²) in [4.78, 5) is 10.9. The first-order chi connectivity index (χ1) is 8.65. The third-order valence-electron chi connectivity index (χ3n) is 2.82. The quantitative estimate of drug-likeness (QED) is 0.737. The Morgan fingerprint density at radius 1 is 1.44 bits per heavy atom. The number of aromatic nitrogens is 2. The molecule has 0 atom stereocenters. The number of fused-ring (bicyclic) bond motifs is 3. The van der Waals surface area contributed by atoms with Crippen molar-refractivity contribution in [3.05, 3.63) is 33.7 Å². The van der Waals surface area contributed by atoms with E-state index in [9.17, 15) is 4.79 Å². The normalized spacial score (nSPS) is 13.2. The maximum atomic E-state index is 10.9. The van der Waals surface area contributed by atoms with Crippen LogP contribution in [0.1, 0.15) is 5.69 Å². The van der Waals surface area contributed by atoms with Crippen LogP contribution in [0.5, 0.6) is 5.75 Å². The zero-order valence-electron chi connectivity index (χ0n) is 9.26. The molecule has 18 heavy (non-hydrogen) atoms. The summed E-state index contributed by atoms with van der Waals surface area (Å²) >= 11 is 2.22. The Morgan fingerprint density at radius 3 is 3.06 bits per heavy atom. The molecular weight excluding hydrogens is 347 g/mol. The van der Waals surface area contributed by atoms with Gasteiger partial charge in [0.25, 0.3) is 0 Å². The summed E-state index contributed by atoms with van der Waals surface area (Å²) < 4.78 is 7.71. The zero-order chi connectivity index (χ0) is 12.7. The molecule has 1 aliphatic rings. The third kappa shape index (κ3) is 1.86. The highest BCUT2D eigenvalue weighted by atomic mass is 127. The SMILES string of the molecule is O=C(O)n1cc2c(n1)CCOc1cc(I)ccc1-2. The summed E-state index contributed by atoms with van der Waals surface area (Å²) in [7, 11) is 0. The number of ether oxygens (including phenoxy) is 1. The Balaban J connectivity index is 2.20. The van der Waals surface area contributed by atoms with Gasteiger partial charge >= 0.3 is 6.09 Å². The van der Waals surface area contributed by atoms with E-state index < -0.39 is 6.09 Å². The molecule has 5 nitrogen and oxygen atoms in total. The highest BCUT2D eigenvalue weighted by molar-refractivity contribution is 14.1. The van der Waals surface area contributed by atoms with Gasteiger partial charge < -0.3 is 9.84 Å². The molecule has 0 spiro atoms. The predicted molar refractivity (Wildman–Crippen MR) is 73.0 cm³/mol. The molecule has 92 valence electrons. The van der Waals surface area contributed by atoms with Crippen molar-refractivity contribution in [3.63, 3.8) is 0 Å². The Kier molecular flexibility index (Phi) is 2.73. The van der Waals surface area contributed by atoms with Gasteiger partial charge in [0, 0.05) is 27.3 Å². The van der Waals surface area contributed by atoms with Crippen LogP contribution >= 0.6 is 22.6 Å². The standard InChI is InChI=1S/C12H9IN2O3/c13-7-1-2-8-9-6-15(12(16)17)14-10(9)3-4-18-11(8)5-7/h1-2,5-6H,3-4H2,(H,16,17). The molecule has 3 rings (SSSR count). The molecule has 1 aromatic carbocycles. The summed E-state index contributed by atoms with van der Waals surface area (Å²) in [5, 5.41) is 13.0. The number of carbonyl (C=O) groups is 1. The first kappa shape index (κ1) is 11.5. The summed E-state index contributed by atoms with van der Waals surface area (Å²) in [5.74, 6) is 0.783. The van der Waals surface area contributed by atoms with Crippen molar-refractivity contribution < 1.29 is 14.6 Å². The topological polar surface area (TPSA) is 64.3 Å². The average molecular weight is 356 g/mol. The Morgan fingerprint density at radius 2 is 2.28 bits per heavy atom. The molecule has 6 heteroatoms. The maximum Gasteiger partial charge on any atom is 0.432 e. The smallest absolute Gasteiger partial charge is 0.432 e. The maximum absolute atomic E-state index is 10.9. The predicted octanol–water partition coefficient (Wildman–Crippen LogP) is 2.62. The summed E-state index contributed by atoms with van der Waals surface area (Å²) in [5.41, 5.74) is 2.49. The monoisotopic (exact) mass is 356 g/mol. The molecule has 0 radical (unpaired) electrons. The van der Waals surface area contributed by atoms with Crippen LogP contribution in [0.2, 0.25) is 0 Å². The molecule has 0 fully saturated rings. The van der Waals surface area contributed by atoms with Gasteiger partial charge in [-0.15, -0.1) is 0 Å². The number of carboxylic acid groups (broad SMARTS) is 1. The second-order valence-corrected chi connectivity index (χ2v) is 5.20. The van der Waals surface area contributed by atoms with E-state index in [0.717, 1.165) is 30.8 Å². The number of hydrogen-bond donors (Lipinski definition) is 1. The Labute approximate surface area is 117 Å². The lowest BCUT2D eigenvalue weighted by Crippen LogP contribution is -2.09. The number of nitrogens with zero attached hydrogens (tertiary/aromatic N) is 2. The molecule has 2 aromatic rings. The van der Waals surface area contributed by atoms with Gasteiger partial charge in [-0.05, 0) is 40.8 Å². The van der Waals surface area contributed by atoms with Gasteiger partial charge in [-0.25, -0.2) is 4.79 Å². The van der Waals surface area contributed by atoms with E-state index in [2.05, 4.69) is 27.7 Å².